The molecule has 5 aromatic rings. The van der Waals surface area contributed by atoms with Crippen LogP contribution in [0.2, 0.25) is 0 Å². The molecule has 2 aromatic carbocycles. The second-order valence-electron chi connectivity index (χ2n) is 9.29. The number of hydrogen-bond acceptors (Lipinski definition) is 9. The van der Waals surface area contributed by atoms with Crippen molar-refractivity contribution < 1.29 is 19.4 Å². The van der Waals surface area contributed by atoms with Crippen LogP contribution in [0.15, 0.2) is 61.3 Å². The lowest BCUT2D eigenvalue weighted by molar-refractivity contribution is -0.111. The van der Waals surface area contributed by atoms with Crippen LogP contribution in [0.5, 0.6) is 17.2 Å². The third kappa shape index (κ3) is 5.62. The highest BCUT2D eigenvalue weighted by Crippen LogP contribution is 2.35. The summed E-state index contributed by atoms with van der Waals surface area (Å²) in [7, 11) is 0. The van der Waals surface area contributed by atoms with E-state index in [-0.39, 0.29) is 13.2 Å². The molecular formula is C29H25N7O4. The molecule has 1 fully saturated rings. The number of nitrogens with one attached hydrogen (secondary N) is 2. The topological polar surface area (TPSA) is 136 Å². The van der Waals surface area contributed by atoms with Gasteiger partial charge in [0.25, 0.3) is 5.91 Å². The Balaban J connectivity index is 1.26. The number of carbonyl (C=O) groups is 1. The van der Waals surface area contributed by atoms with Crippen molar-refractivity contribution >= 4 is 39.6 Å². The van der Waals surface area contributed by atoms with Gasteiger partial charge >= 0.3 is 0 Å². The summed E-state index contributed by atoms with van der Waals surface area (Å²) in [5, 5.41) is 20.2. The minimum Gasteiger partial charge on any atom is -0.489 e. The van der Waals surface area contributed by atoms with Gasteiger partial charge in [0.15, 0.2) is 5.65 Å². The molecule has 0 aliphatic heterocycles. The molecular weight excluding hydrogens is 510 g/mol. The number of aliphatic hydroxyl groups is 1. The Morgan fingerprint density at radius 3 is 2.83 bits per heavy atom. The highest BCUT2D eigenvalue weighted by atomic mass is 16.5. The maximum atomic E-state index is 12.5. The number of aromatic nitrogens is 5. The smallest absolute Gasteiger partial charge is 0.300 e. The SMILES string of the molecule is Cc1cc(Nc2ncnc3cc(OCCO)c(NC(=O)C#CC4CC4)cc23)ccc1Oc1ccn2ncnc2c1. The molecule has 3 heterocycles. The van der Waals surface area contributed by atoms with Gasteiger partial charge in [0.05, 0.1) is 17.8 Å². The van der Waals surface area contributed by atoms with Gasteiger partial charge in [0, 0.05) is 35.3 Å². The van der Waals surface area contributed by atoms with Crippen molar-refractivity contribution in [3.8, 4) is 29.1 Å². The molecule has 0 atom stereocenters. The Labute approximate surface area is 229 Å². The zero-order chi connectivity index (χ0) is 27.5. The van der Waals surface area contributed by atoms with Gasteiger partial charge in [0.2, 0.25) is 0 Å². The molecule has 0 unspecified atom stereocenters. The second-order valence-corrected chi connectivity index (χ2v) is 9.29. The van der Waals surface area contributed by atoms with Gasteiger partial charge in [-0.25, -0.2) is 19.5 Å². The Morgan fingerprint density at radius 1 is 1.10 bits per heavy atom. The lowest BCUT2D eigenvalue weighted by Gasteiger charge is -2.15. The van der Waals surface area contributed by atoms with E-state index in [9.17, 15) is 9.90 Å². The van der Waals surface area contributed by atoms with Crippen molar-refractivity contribution in [2.75, 3.05) is 23.8 Å². The normalized spacial score (nSPS) is 12.6. The molecule has 0 spiro atoms. The first-order valence-corrected chi connectivity index (χ1v) is 12.8. The van der Waals surface area contributed by atoms with Gasteiger partial charge in [-0.3, -0.25) is 4.79 Å². The average Bonchev–Trinajstić information content (AvgIpc) is 3.67. The molecule has 1 aliphatic carbocycles. The Kier molecular flexibility index (Phi) is 6.82. The summed E-state index contributed by atoms with van der Waals surface area (Å²) in [6.45, 7) is 1.85. The van der Waals surface area contributed by atoms with Crippen molar-refractivity contribution in [1.29, 1.82) is 0 Å². The third-order valence-electron chi connectivity index (χ3n) is 6.22. The van der Waals surface area contributed by atoms with Crippen LogP contribution in [0.1, 0.15) is 18.4 Å². The van der Waals surface area contributed by atoms with Gasteiger partial charge in [-0.1, -0.05) is 5.92 Å². The number of fused-ring (bicyclic) bond motifs is 2. The number of pyridine rings is 1. The number of hydrogen-bond donors (Lipinski definition) is 3. The minimum atomic E-state index is -0.430. The van der Waals surface area contributed by atoms with E-state index in [1.54, 1.807) is 22.8 Å². The first-order chi connectivity index (χ1) is 19.6. The standard InChI is InChI=1S/C29H25N7O4/c1-18-12-20(5-6-25(18)40-21-8-9-36-27(13-21)31-17-33-36)34-29-22-14-24(35-28(38)7-4-19-2-3-19)26(39-11-10-37)15-23(22)30-16-32-29/h5-6,8-9,12-17,19,37H,2-3,10-11H2,1H3,(H,35,38)(H,30,32,34). The third-order valence-corrected chi connectivity index (χ3v) is 6.22. The van der Waals surface area contributed by atoms with Crippen molar-refractivity contribution in [3.05, 3.63) is 66.9 Å². The van der Waals surface area contributed by atoms with Crippen molar-refractivity contribution in [2.24, 2.45) is 5.92 Å². The monoisotopic (exact) mass is 535 g/mol. The first kappa shape index (κ1) is 25.1. The number of nitrogens with zero attached hydrogens (tertiary/aromatic N) is 5. The predicted octanol–water partition coefficient (Wildman–Crippen LogP) is 4.24. The minimum absolute atomic E-state index is 0.0683. The zero-order valence-electron chi connectivity index (χ0n) is 21.6. The molecule has 1 saturated carbocycles. The summed E-state index contributed by atoms with van der Waals surface area (Å²) >= 11 is 0. The van der Waals surface area contributed by atoms with Crippen LogP contribution in [-0.4, -0.2) is 48.8 Å². The number of aliphatic hydroxyl groups excluding tert-OH is 1. The number of benzene rings is 2. The molecule has 6 rings (SSSR count). The zero-order valence-corrected chi connectivity index (χ0v) is 21.6. The van der Waals surface area contributed by atoms with Gasteiger partial charge in [0.1, 0.15) is 42.3 Å². The molecule has 0 radical (unpaired) electrons. The Hall–Kier alpha value is -5.21. The van der Waals surface area contributed by atoms with Gasteiger partial charge in [-0.2, -0.15) is 5.10 Å². The van der Waals surface area contributed by atoms with E-state index in [1.807, 2.05) is 37.3 Å². The number of ether oxygens (including phenoxy) is 2. The van der Waals surface area contributed by atoms with E-state index in [0.717, 1.165) is 24.1 Å². The Bertz CT molecular complexity index is 1790. The molecule has 1 aliphatic rings. The molecule has 40 heavy (non-hydrogen) atoms. The molecule has 3 aromatic heterocycles. The summed E-state index contributed by atoms with van der Waals surface area (Å²) < 4.78 is 13.4. The first-order valence-electron chi connectivity index (χ1n) is 12.8. The lowest BCUT2D eigenvalue weighted by Crippen LogP contribution is -2.12. The fourth-order valence-corrected chi connectivity index (χ4v) is 4.07. The van der Waals surface area contributed by atoms with E-state index < -0.39 is 5.91 Å². The maximum Gasteiger partial charge on any atom is 0.300 e. The fourth-order valence-electron chi connectivity index (χ4n) is 4.07. The average molecular weight is 536 g/mol. The van der Waals surface area contributed by atoms with Crippen LogP contribution in [0.3, 0.4) is 0 Å². The van der Waals surface area contributed by atoms with E-state index in [2.05, 4.69) is 42.5 Å². The van der Waals surface area contributed by atoms with Crippen molar-refractivity contribution in [3.63, 3.8) is 0 Å². The molecule has 0 bridgehead atoms. The fraction of sp³-hybridized carbons (Fsp3) is 0.207. The van der Waals surface area contributed by atoms with E-state index in [0.29, 0.717) is 51.2 Å². The van der Waals surface area contributed by atoms with E-state index in [1.165, 1.54) is 12.7 Å². The number of aryl methyl sites for hydroxylation is 1. The summed E-state index contributed by atoms with van der Waals surface area (Å²) in [5.41, 5.74) is 3.41. The van der Waals surface area contributed by atoms with Gasteiger partial charge in [-0.15, -0.1) is 0 Å². The summed E-state index contributed by atoms with van der Waals surface area (Å²) in [6.07, 6.45) is 6.78. The second kappa shape index (κ2) is 10.9. The van der Waals surface area contributed by atoms with Crippen LogP contribution < -0.4 is 20.1 Å². The van der Waals surface area contributed by atoms with E-state index >= 15 is 0 Å². The summed E-state index contributed by atoms with van der Waals surface area (Å²) in [6, 6.07) is 12.8. The number of anilines is 3. The maximum absolute atomic E-state index is 12.5. The quantitative estimate of drug-likeness (QED) is 0.249. The number of carbonyl (C=O) groups excluding carboxylic acids is 1. The van der Waals surface area contributed by atoms with Crippen LogP contribution in [0.25, 0.3) is 16.6 Å². The summed E-state index contributed by atoms with van der Waals surface area (Å²) in [5.74, 6) is 7.75. The van der Waals surface area contributed by atoms with Crippen LogP contribution >= 0.6 is 0 Å². The number of amides is 1. The van der Waals surface area contributed by atoms with Gasteiger partial charge < -0.3 is 25.2 Å². The molecule has 1 amide bonds. The molecule has 11 nitrogen and oxygen atoms in total. The highest BCUT2D eigenvalue weighted by molar-refractivity contribution is 6.06. The van der Waals surface area contributed by atoms with Crippen LogP contribution in [0.4, 0.5) is 17.2 Å². The lowest BCUT2D eigenvalue weighted by atomic mass is 10.1. The predicted molar refractivity (Wildman–Crippen MR) is 149 cm³/mol. The highest BCUT2D eigenvalue weighted by Gasteiger charge is 2.19. The molecule has 11 heteroatoms. The summed E-state index contributed by atoms with van der Waals surface area (Å²) in [4.78, 5) is 25.5. The largest absolute Gasteiger partial charge is 0.489 e. The van der Waals surface area contributed by atoms with E-state index in [4.69, 9.17) is 9.47 Å². The van der Waals surface area contributed by atoms with Crippen molar-refractivity contribution in [1.82, 2.24) is 24.6 Å². The van der Waals surface area contributed by atoms with Gasteiger partial charge in [-0.05, 0) is 61.6 Å². The van der Waals surface area contributed by atoms with Crippen LogP contribution in [0, 0.1) is 24.7 Å². The van der Waals surface area contributed by atoms with Crippen LogP contribution in [-0.2, 0) is 4.79 Å². The molecule has 0 saturated heterocycles. The molecule has 200 valence electrons. The molecule has 3 N–H and O–H groups in total. The number of rotatable bonds is 8. The van der Waals surface area contributed by atoms with Crippen molar-refractivity contribution in [2.45, 2.75) is 19.8 Å². The Morgan fingerprint density at radius 2 is 2.00 bits per heavy atom.